The van der Waals surface area contributed by atoms with Gasteiger partial charge in [0.25, 0.3) is 0 Å². The molecule has 0 saturated carbocycles. The van der Waals surface area contributed by atoms with E-state index in [0.717, 1.165) is 30.3 Å². The van der Waals surface area contributed by atoms with E-state index in [9.17, 15) is 50.1 Å². The van der Waals surface area contributed by atoms with Crippen molar-refractivity contribution in [1.29, 1.82) is 0 Å². The summed E-state index contributed by atoms with van der Waals surface area (Å²) in [6.45, 7) is 0. The monoisotopic (exact) mass is 478 g/mol. The molecule has 13 heteroatoms. The molecule has 8 N–H and O–H groups in total. The number of phenolic OH excluding ortho intramolecular Hbond substituents is 5. The van der Waals surface area contributed by atoms with E-state index in [1.165, 1.54) is 0 Å². The van der Waals surface area contributed by atoms with Crippen molar-refractivity contribution in [2.45, 2.75) is 24.7 Å². The lowest BCUT2D eigenvalue weighted by Crippen LogP contribution is -2.43. The Balaban J connectivity index is 1.84. The Morgan fingerprint density at radius 1 is 0.794 bits per heavy atom. The summed E-state index contributed by atoms with van der Waals surface area (Å²) in [6.07, 6.45) is -4.27. The number of ether oxygens (including phenoxy) is 2. The molecule has 0 unspecified atom stereocenters. The van der Waals surface area contributed by atoms with Gasteiger partial charge in [-0.05, 0) is 30.3 Å². The predicted octanol–water partition coefficient (Wildman–Crippen LogP) is 0.0957. The van der Waals surface area contributed by atoms with Crippen LogP contribution in [-0.4, -0.2) is 77.1 Å². The third-order valence-corrected chi connectivity index (χ3v) is 4.86. The fourth-order valence-electron chi connectivity index (χ4n) is 3.08. The van der Waals surface area contributed by atoms with E-state index in [-0.39, 0.29) is 5.57 Å². The number of hydrogen-bond donors (Lipinski definition) is 8. The van der Waals surface area contributed by atoms with Crippen LogP contribution in [0.2, 0.25) is 0 Å². The van der Waals surface area contributed by atoms with Gasteiger partial charge in [-0.2, -0.15) is 0 Å². The largest absolute Gasteiger partial charge is 0.504 e. The summed E-state index contributed by atoms with van der Waals surface area (Å²) in [7, 11) is 0. The van der Waals surface area contributed by atoms with Gasteiger partial charge in [0.1, 0.15) is 18.3 Å². The van der Waals surface area contributed by atoms with E-state index >= 15 is 0 Å². The highest BCUT2D eigenvalue weighted by molar-refractivity contribution is 5.95. The lowest BCUT2D eigenvalue weighted by atomic mass is 9.92. The molecule has 2 aromatic rings. The van der Waals surface area contributed by atoms with Gasteiger partial charge in [0.05, 0.1) is 11.1 Å². The number of esters is 2. The molecule has 34 heavy (non-hydrogen) atoms. The second-order valence-corrected chi connectivity index (χ2v) is 7.22. The van der Waals surface area contributed by atoms with Gasteiger partial charge in [0, 0.05) is 12.0 Å². The third kappa shape index (κ3) is 4.79. The predicted molar refractivity (Wildman–Crippen MR) is 108 cm³/mol. The maximum atomic E-state index is 12.5. The van der Waals surface area contributed by atoms with Crippen molar-refractivity contribution < 1.29 is 64.7 Å². The van der Waals surface area contributed by atoms with Crippen LogP contribution < -0.4 is 4.74 Å². The Bertz CT molecular complexity index is 1180. The van der Waals surface area contributed by atoms with Crippen molar-refractivity contribution in [3.63, 3.8) is 0 Å². The highest BCUT2D eigenvalue weighted by atomic mass is 16.6. The number of aromatic hydroxyl groups is 5. The van der Waals surface area contributed by atoms with Crippen molar-refractivity contribution in [1.82, 2.24) is 0 Å². The molecule has 2 aromatic carbocycles. The number of aliphatic carboxylic acids is 1. The molecule has 0 aromatic heterocycles. The smallest absolute Gasteiger partial charge is 0.343 e. The summed E-state index contributed by atoms with van der Waals surface area (Å²) in [4.78, 5) is 36.0. The minimum Gasteiger partial charge on any atom is -0.504 e. The molecule has 0 amide bonds. The van der Waals surface area contributed by atoms with Crippen LogP contribution in [0.15, 0.2) is 35.9 Å². The number of carboxylic acids is 1. The Kier molecular flexibility index (Phi) is 6.51. The molecular weight excluding hydrogens is 460 g/mol. The number of carbonyl (C=O) groups excluding carboxylic acids is 2. The topological polar surface area (TPSA) is 232 Å². The minimum absolute atomic E-state index is 0.306. The quantitative estimate of drug-likeness (QED) is 0.162. The number of carbonyl (C=O) groups is 3. The fraction of sp³-hybridized carbons (Fsp3) is 0.190. The summed E-state index contributed by atoms with van der Waals surface area (Å²) >= 11 is 0. The first-order chi connectivity index (χ1) is 15.9. The normalized spacial score (nSPS) is 19.7. The molecule has 1 aliphatic carbocycles. The van der Waals surface area contributed by atoms with Gasteiger partial charge in [0.2, 0.25) is 5.75 Å². The zero-order valence-electron chi connectivity index (χ0n) is 16.9. The van der Waals surface area contributed by atoms with Gasteiger partial charge in [0.15, 0.2) is 28.7 Å². The maximum Gasteiger partial charge on any atom is 0.343 e. The van der Waals surface area contributed by atoms with E-state index < -0.39 is 88.3 Å². The first kappa shape index (κ1) is 24.2. The zero-order chi connectivity index (χ0) is 25.3. The first-order valence-electron chi connectivity index (χ1n) is 9.43. The fourth-order valence-corrected chi connectivity index (χ4v) is 3.08. The molecule has 0 aliphatic heterocycles. The standard InChI is InChI=1S/C21H18O13/c22-10-2-8(3-11(23)16(10)26)20(31)34-15-6-9(4-13(25)18(15)28)21(32)33-14-5-7(19(29)30)1-12(24)17(14)27/h1-4,6,12,14,17,22-28H,5H2,(H,29,30)/t12-,14-,17-/m1/s1. The summed E-state index contributed by atoms with van der Waals surface area (Å²) in [5.41, 5.74) is -1.26. The third-order valence-electron chi connectivity index (χ3n) is 4.86. The van der Waals surface area contributed by atoms with Crippen LogP contribution in [0.5, 0.6) is 34.5 Å². The van der Waals surface area contributed by atoms with Crippen molar-refractivity contribution in [3.05, 3.63) is 47.0 Å². The summed E-state index contributed by atoms with van der Waals surface area (Å²) in [5.74, 6) is -9.08. The molecule has 0 fully saturated rings. The van der Waals surface area contributed by atoms with Crippen LogP contribution >= 0.6 is 0 Å². The number of hydrogen-bond acceptors (Lipinski definition) is 12. The van der Waals surface area contributed by atoms with Gasteiger partial charge >= 0.3 is 17.9 Å². The second-order valence-electron chi connectivity index (χ2n) is 7.22. The Morgan fingerprint density at radius 2 is 1.32 bits per heavy atom. The average Bonchev–Trinajstić information content (AvgIpc) is 2.77. The van der Waals surface area contributed by atoms with E-state index in [2.05, 4.69) is 0 Å². The number of aliphatic hydroxyl groups excluding tert-OH is 2. The summed E-state index contributed by atoms with van der Waals surface area (Å²) in [6, 6.07) is 3.02. The number of phenols is 5. The Hall–Kier alpha value is -4.49. The molecule has 0 bridgehead atoms. The molecule has 3 atom stereocenters. The van der Waals surface area contributed by atoms with Gasteiger partial charge in [-0.25, -0.2) is 14.4 Å². The van der Waals surface area contributed by atoms with E-state index in [4.69, 9.17) is 14.6 Å². The van der Waals surface area contributed by atoms with Crippen LogP contribution in [0.4, 0.5) is 0 Å². The summed E-state index contributed by atoms with van der Waals surface area (Å²) in [5, 5.41) is 77.1. The van der Waals surface area contributed by atoms with E-state index in [1.54, 1.807) is 0 Å². The van der Waals surface area contributed by atoms with Crippen molar-refractivity contribution in [3.8, 4) is 34.5 Å². The van der Waals surface area contributed by atoms with Crippen LogP contribution in [-0.2, 0) is 9.53 Å². The van der Waals surface area contributed by atoms with Gasteiger partial charge in [-0.15, -0.1) is 0 Å². The zero-order valence-corrected chi connectivity index (χ0v) is 16.9. The van der Waals surface area contributed by atoms with Crippen LogP contribution in [0.1, 0.15) is 27.1 Å². The average molecular weight is 478 g/mol. The first-order valence-corrected chi connectivity index (χ1v) is 9.43. The SMILES string of the molecule is O=C(O)C1=C[C@@H](O)[C@@H](O)[C@H](OC(=O)c2cc(O)c(O)c(OC(=O)c3cc(O)c(O)c(O)c3)c2)C1. The molecule has 0 radical (unpaired) electrons. The lowest BCUT2D eigenvalue weighted by molar-refractivity contribution is -0.134. The van der Waals surface area contributed by atoms with E-state index in [0.29, 0.717) is 0 Å². The highest BCUT2D eigenvalue weighted by Gasteiger charge is 2.36. The van der Waals surface area contributed by atoms with Gasteiger partial charge in [-0.3, -0.25) is 0 Å². The molecular formula is C21H18O13. The van der Waals surface area contributed by atoms with Crippen molar-refractivity contribution in [2.24, 2.45) is 0 Å². The molecule has 13 nitrogen and oxygen atoms in total. The van der Waals surface area contributed by atoms with Crippen LogP contribution in [0.25, 0.3) is 0 Å². The molecule has 0 heterocycles. The van der Waals surface area contributed by atoms with Crippen LogP contribution in [0, 0.1) is 0 Å². The second kappa shape index (κ2) is 9.17. The van der Waals surface area contributed by atoms with Crippen molar-refractivity contribution >= 4 is 17.9 Å². The molecule has 180 valence electrons. The maximum absolute atomic E-state index is 12.5. The number of carboxylic acid groups (broad SMARTS) is 1. The van der Waals surface area contributed by atoms with Gasteiger partial charge in [-0.1, -0.05) is 0 Å². The summed E-state index contributed by atoms with van der Waals surface area (Å²) < 4.78 is 9.94. The van der Waals surface area contributed by atoms with Crippen molar-refractivity contribution in [2.75, 3.05) is 0 Å². The van der Waals surface area contributed by atoms with E-state index in [1.807, 2.05) is 0 Å². The Morgan fingerprint density at radius 3 is 1.88 bits per heavy atom. The van der Waals surface area contributed by atoms with Gasteiger partial charge < -0.3 is 50.3 Å². The molecule has 0 saturated heterocycles. The molecule has 1 aliphatic rings. The van der Waals surface area contributed by atoms with Crippen LogP contribution in [0.3, 0.4) is 0 Å². The lowest BCUT2D eigenvalue weighted by Gasteiger charge is -2.29. The number of rotatable bonds is 5. The Labute approximate surface area is 189 Å². The number of benzene rings is 2. The highest BCUT2D eigenvalue weighted by Crippen LogP contribution is 2.39. The molecule has 0 spiro atoms. The number of aliphatic hydroxyl groups is 2. The molecule has 3 rings (SSSR count). The minimum atomic E-state index is -1.65.